The highest BCUT2D eigenvalue weighted by Gasteiger charge is 2.45. The maximum absolute atomic E-state index is 15.9. The predicted octanol–water partition coefficient (Wildman–Crippen LogP) is 7.71. The fourth-order valence-electron chi connectivity index (χ4n) is 7.45. The van der Waals surface area contributed by atoms with Gasteiger partial charge in [0, 0.05) is 71.2 Å². The smallest absolute Gasteiger partial charge is 0.259 e. The Labute approximate surface area is 308 Å². The van der Waals surface area contributed by atoms with Crippen LogP contribution in [-0.2, 0) is 11.2 Å². The Kier molecular flexibility index (Phi) is 9.17. The van der Waals surface area contributed by atoms with E-state index in [-0.39, 0.29) is 35.2 Å². The van der Waals surface area contributed by atoms with Crippen molar-refractivity contribution < 1.29 is 32.6 Å². The molecule has 3 aliphatic rings. The third kappa shape index (κ3) is 6.53. The number of hydrogen-bond acceptors (Lipinski definition) is 8. The predicted molar refractivity (Wildman–Crippen MR) is 198 cm³/mol. The van der Waals surface area contributed by atoms with Gasteiger partial charge >= 0.3 is 0 Å². The largest absolute Gasteiger partial charge is 0.381 e. The number of carbonyl (C=O) groups is 2. The van der Waals surface area contributed by atoms with Crippen LogP contribution in [0.15, 0.2) is 78.9 Å². The minimum atomic E-state index is -1.82. The van der Waals surface area contributed by atoms with Crippen LogP contribution in [-0.4, -0.2) is 54.8 Å². The maximum atomic E-state index is 15.9. The number of nitrogens with one attached hydrogen (secondary N) is 2. The Bertz CT molecular complexity index is 2190. The number of pyridine rings is 1. The van der Waals surface area contributed by atoms with E-state index in [4.69, 9.17) is 9.72 Å². The molecule has 272 valence electrons. The van der Waals surface area contributed by atoms with E-state index in [9.17, 15) is 23.5 Å². The molecule has 0 bridgehead atoms. The second kappa shape index (κ2) is 14.0. The van der Waals surface area contributed by atoms with Crippen molar-refractivity contribution in [1.82, 2.24) is 4.98 Å². The highest BCUT2D eigenvalue weighted by Crippen LogP contribution is 2.46. The number of anilines is 4. The summed E-state index contributed by atoms with van der Waals surface area (Å²) in [5.74, 6) is -2.51. The van der Waals surface area contributed by atoms with Gasteiger partial charge in [-0.2, -0.15) is 0 Å². The third-order valence-corrected chi connectivity index (χ3v) is 11.5. The Balaban J connectivity index is 0.985. The van der Waals surface area contributed by atoms with Crippen LogP contribution in [0.2, 0.25) is 0 Å². The van der Waals surface area contributed by atoms with Gasteiger partial charge in [0.15, 0.2) is 12.0 Å². The maximum Gasteiger partial charge on any atom is 0.259 e. The summed E-state index contributed by atoms with van der Waals surface area (Å²) < 4.78 is 50.1. The molecule has 0 saturated carbocycles. The fraction of sp³-hybridized carbons (Fsp3) is 0.275. The SMILES string of the molecule is Cc1ccc(C(=O)Nc2ccc(C(=O)N3CCc4c(sc(NC(O)c5c(F)cccc5F)c4F)-c4ccccc43)cc2)c(N2CC3(CCOCC3)C2)n1. The van der Waals surface area contributed by atoms with Crippen LogP contribution in [0, 0.1) is 29.8 Å². The Morgan fingerprint density at radius 3 is 2.40 bits per heavy atom. The van der Waals surface area contributed by atoms with Crippen molar-refractivity contribution in [2.24, 2.45) is 5.41 Å². The number of amides is 2. The van der Waals surface area contributed by atoms with E-state index in [1.807, 2.05) is 13.0 Å². The van der Waals surface area contributed by atoms with Gasteiger partial charge in [-0.1, -0.05) is 24.3 Å². The summed E-state index contributed by atoms with van der Waals surface area (Å²) in [5, 5.41) is 16.0. The molecule has 2 aromatic heterocycles. The van der Waals surface area contributed by atoms with Crippen LogP contribution < -0.4 is 20.4 Å². The van der Waals surface area contributed by atoms with E-state index >= 15 is 4.39 Å². The molecule has 3 aromatic carbocycles. The normalized spacial score (nSPS) is 16.6. The van der Waals surface area contributed by atoms with Gasteiger partial charge in [-0.25, -0.2) is 18.2 Å². The molecule has 1 unspecified atom stereocenters. The molecule has 5 aromatic rings. The lowest BCUT2D eigenvalue weighted by Crippen LogP contribution is -2.59. The minimum Gasteiger partial charge on any atom is -0.381 e. The molecule has 2 amide bonds. The number of thiophene rings is 1. The van der Waals surface area contributed by atoms with Gasteiger partial charge in [-0.05, 0) is 80.8 Å². The molecule has 2 saturated heterocycles. The molecule has 5 heterocycles. The summed E-state index contributed by atoms with van der Waals surface area (Å²) >= 11 is 1.00. The number of hydrogen-bond donors (Lipinski definition) is 3. The van der Waals surface area contributed by atoms with Gasteiger partial charge < -0.3 is 30.3 Å². The van der Waals surface area contributed by atoms with E-state index < -0.39 is 29.2 Å². The van der Waals surface area contributed by atoms with Crippen LogP contribution in [0.25, 0.3) is 10.4 Å². The molecule has 3 aliphatic heterocycles. The van der Waals surface area contributed by atoms with E-state index in [0.29, 0.717) is 44.3 Å². The van der Waals surface area contributed by atoms with Gasteiger partial charge in [0.2, 0.25) is 0 Å². The number of halogens is 3. The molecule has 53 heavy (non-hydrogen) atoms. The first-order chi connectivity index (χ1) is 25.6. The van der Waals surface area contributed by atoms with E-state index in [0.717, 1.165) is 68.3 Å². The highest BCUT2D eigenvalue weighted by atomic mass is 32.1. The van der Waals surface area contributed by atoms with E-state index in [2.05, 4.69) is 15.5 Å². The Hall–Kier alpha value is -5.24. The van der Waals surface area contributed by atoms with Crippen molar-refractivity contribution in [2.75, 3.05) is 53.3 Å². The van der Waals surface area contributed by atoms with E-state index in [1.54, 1.807) is 59.5 Å². The van der Waals surface area contributed by atoms with Gasteiger partial charge in [0.1, 0.15) is 22.5 Å². The summed E-state index contributed by atoms with van der Waals surface area (Å²) in [6, 6.07) is 20.6. The lowest BCUT2D eigenvalue weighted by Gasteiger charge is -2.53. The number of benzene rings is 3. The molecular weight excluding hydrogens is 704 g/mol. The number of aliphatic hydroxyl groups excluding tert-OH is 1. The molecule has 13 heteroatoms. The lowest BCUT2D eigenvalue weighted by atomic mass is 9.73. The standard InChI is InChI=1S/C40H36F3N5O4S/c1-23-9-14-28(35(44-23)47-21-40(22-47)16-19-52-20-17-40)36(49)45-25-12-10-24(11-13-25)39(51)48-18-15-27-33(43)38(53-34(27)26-5-2-3-8-31(26)48)46-37(50)32-29(41)6-4-7-30(32)42/h2-14,37,46,50H,15-22H2,1H3,(H,45,49). The van der Waals surface area contributed by atoms with Crippen molar-refractivity contribution in [3.05, 3.63) is 124 Å². The first-order valence-corrected chi connectivity index (χ1v) is 18.3. The number of nitrogens with zero attached hydrogens (tertiary/aromatic N) is 3. The van der Waals surface area contributed by atoms with Crippen molar-refractivity contribution in [3.8, 4) is 10.4 Å². The Morgan fingerprint density at radius 1 is 0.943 bits per heavy atom. The molecule has 1 atom stereocenters. The third-order valence-electron chi connectivity index (χ3n) is 10.3. The topological polar surface area (TPSA) is 107 Å². The molecule has 0 aliphatic carbocycles. The van der Waals surface area contributed by atoms with Gasteiger partial charge in [0.25, 0.3) is 11.8 Å². The number of aromatic nitrogens is 1. The summed E-state index contributed by atoms with van der Waals surface area (Å²) in [5.41, 5.74) is 3.29. The summed E-state index contributed by atoms with van der Waals surface area (Å²) in [6.45, 7) is 5.24. The van der Waals surface area contributed by atoms with Gasteiger partial charge in [-0.3, -0.25) is 9.59 Å². The molecule has 3 N–H and O–H groups in total. The molecule has 8 rings (SSSR count). The molecule has 0 radical (unpaired) electrons. The van der Waals surface area contributed by atoms with Crippen LogP contribution in [0.5, 0.6) is 0 Å². The second-order valence-corrected chi connectivity index (χ2v) is 14.8. The number of fused-ring (bicyclic) bond motifs is 3. The van der Waals surface area contributed by atoms with Crippen LogP contribution in [0.3, 0.4) is 0 Å². The van der Waals surface area contributed by atoms with Crippen molar-refractivity contribution in [1.29, 1.82) is 0 Å². The monoisotopic (exact) mass is 739 g/mol. The average Bonchev–Trinajstić information content (AvgIpc) is 3.34. The second-order valence-electron chi connectivity index (χ2n) is 13.8. The van der Waals surface area contributed by atoms with Crippen molar-refractivity contribution in [3.63, 3.8) is 0 Å². The number of aliphatic hydroxyl groups is 1. The van der Waals surface area contributed by atoms with Crippen LogP contribution >= 0.6 is 11.3 Å². The first kappa shape index (κ1) is 34.8. The zero-order valence-electron chi connectivity index (χ0n) is 28.8. The molecular formula is C40H36F3N5O4S. The van der Waals surface area contributed by atoms with Crippen LogP contribution in [0.4, 0.5) is 35.4 Å². The Morgan fingerprint density at radius 2 is 1.66 bits per heavy atom. The fourth-order valence-corrected chi connectivity index (χ4v) is 8.63. The number of carbonyl (C=O) groups excluding carboxylic acids is 2. The molecule has 2 fully saturated rings. The highest BCUT2D eigenvalue weighted by molar-refractivity contribution is 7.19. The first-order valence-electron chi connectivity index (χ1n) is 17.4. The summed E-state index contributed by atoms with van der Waals surface area (Å²) in [6.07, 6.45) is 0.329. The molecule has 1 spiro atoms. The van der Waals surface area contributed by atoms with Gasteiger partial charge in [-0.15, -0.1) is 11.3 Å². The number of ether oxygens (including phenoxy) is 1. The van der Waals surface area contributed by atoms with Crippen molar-refractivity contribution in [2.45, 2.75) is 32.4 Å². The minimum absolute atomic E-state index is 0.0703. The molecule has 9 nitrogen and oxygen atoms in total. The van der Waals surface area contributed by atoms with Crippen molar-refractivity contribution >= 4 is 45.3 Å². The van der Waals surface area contributed by atoms with E-state index in [1.165, 1.54) is 6.07 Å². The van der Waals surface area contributed by atoms with Crippen LogP contribution in [0.1, 0.15) is 56.6 Å². The zero-order chi connectivity index (χ0) is 36.9. The lowest BCUT2D eigenvalue weighted by molar-refractivity contribution is -0.000518. The average molecular weight is 740 g/mol. The summed E-state index contributed by atoms with van der Waals surface area (Å²) in [4.78, 5) is 36.5. The number of para-hydroxylation sites is 1. The summed E-state index contributed by atoms with van der Waals surface area (Å²) in [7, 11) is 0. The number of rotatable bonds is 7. The van der Waals surface area contributed by atoms with Gasteiger partial charge in [0.05, 0.1) is 16.8 Å². The number of aryl methyl sites for hydroxylation is 1. The zero-order valence-corrected chi connectivity index (χ0v) is 29.6. The quantitative estimate of drug-likeness (QED) is 0.147.